The number of carbonyl (C=O) groups is 2. The van der Waals surface area contributed by atoms with Crippen molar-refractivity contribution in [2.75, 3.05) is 6.61 Å². The number of ether oxygens (including phenoxy) is 1. The van der Waals surface area contributed by atoms with E-state index in [0.29, 0.717) is 17.2 Å². The first kappa shape index (κ1) is 13.4. The topological polar surface area (TPSA) is 67.8 Å². The fraction of sp³-hybridized carbons (Fsp3) is 0.364. The summed E-state index contributed by atoms with van der Waals surface area (Å²) in [5.41, 5.74) is 2.89. The summed E-state index contributed by atoms with van der Waals surface area (Å²) in [6.07, 6.45) is 0.0819. The van der Waals surface area contributed by atoms with Crippen LogP contribution >= 0.6 is 11.3 Å². The highest BCUT2D eigenvalue weighted by molar-refractivity contribution is 7.12. The molecule has 1 aromatic rings. The lowest BCUT2D eigenvalue weighted by molar-refractivity contribution is -0.141. The van der Waals surface area contributed by atoms with Gasteiger partial charge < -0.3 is 4.74 Å². The van der Waals surface area contributed by atoms with Gasteiger partial charge in [0.1, 0.15) is 0 Å². The monoisotopic (exact) mass is 254 g/mol. The molecule has 0 saturated heterocycles. The normalized spacial score (nSPS) is 11.1. The van der Waals surface area contributed by atoms with E-state index in [4.69, 9.17) is 4.74 Å². The molecule has 1 rings (SSSR count). The van der Waals surface area contributed by atoms with Crippen molar-refractivity contribution in [3.63, 3.8) is 0 Å². The number of thiophene rings is 1. The first-order valence-electron chi connectivity index (χ1n) is 5.16. The second-order valence-corrected chi connectivity index (χ2v) is 4.19. The summed E-state index contributed by atoms with van der Waals surface area (Å²) in [6.45, 7) is 3.74. The predicted molar refractivity (Wildman–Crippen MR) is 66.1 cm³/mol. The van der Waals surface area contributed by atoms with Crippen LogP contribution in [0.1, 0.15) is 29.9 Å². The number of nitrogens with one attached hydrogen (secondary N) is 1. The predicted octanol–water partition coefficient (Wildman–Crippen LogP) is 1.81. The van der Waals surface area contributed by atoms with E-state index in [1.807, 2.05) is 5.38 Å². The maximum atomic E-state index is 11.5. The van der Waals surface area contributed by atoms with Crippen molar-refractivity contribution in [3.05, 3.63) is 22.4 Å². The maximum absolute atomic E-state index is 11.5. The van der Waals surface area contributed by atoms with Crippen molar-refractivity contribution in [2.24, 2.45) is 5.10 Å². The second-order valence-electron chi connectivity index (χ2n) is 3.25. The van der Waals surface area contributed by atoms with Gasteiger partial charge in [-0.15, -0.1) is 11.3 Å². The lowest BCUT2D eigenvalue weighted by Gasteiger charge is -2.01. The zero-order valence-electron chi connectivity index (χ0n) is 9.73. The van der Waals surface area contributed by atoms with Crippen LogP contribution in [0.15, 0.2) is 22.6 Å². The van der Waals surface area contributed by atoms with Crippen LogP contribution in [0.4, 0.5) is 0 Å². The fourth-order valence-electron chi connectivity index (χ4n) is 1.07. The number of carbonyl (C=O) groups excluding carboxylic acids is 2. The molecule has 5 nitrogen and oxygen atoms in total. The molecule has 0 saturated carbocycles. The Balaban J connectivity index is 2.42. The Morgan fingerprint density at radius 1 is 1.53 bits per heavy atom. The van der Waals surface area contributed by atoms with Crippen LogP contribution in [0.3, 0.4) is 0 Å². The molecule has 17 heavy (non-hydrogen) atoms. The highest BCUT2D eigenvalue weighted by atomic mass is 32.1. The molecule has 0 aliphatic rings. The Labute approximate surface area is 103 Å². The highest BCUT2D eigenvalue weighted by Crippen LogP contribution is 2.07. The summed E-state index contributed by atoms with van der Waals surface area (Å²) in [7, 11) is 0. The molecule has 0 bridgehead atoms. The van der Waals surface area contributed by atoms with Gasteiger partial charge in [-0.1, -0.05) is 6.07 Å². The van der Waals surface area contributed by atoms with Crippen LogP contribution in [0.25, 0.3) is 0 Å². The summed E-state index contributed by atoms with van der Waals surface area (Å²) in [5.74, 6) is -0.623. The zero-order chi connectivity index (χ0) is 12.7. The lowest BCUT2D eigenvalue weighted by atomic mass is 10.3. The molecule has 92 valence electrons. The summed E-state index contributed by atoms with van der Waals surface area (Å²) in [5, 5.41) is 5.63. The van der Waals surface area contributed by atoms with E-state index >= 15 is 0 Å². The van der Waals surface area contributed by atoms with Crippen LogP contribution in [0.2, 0.25) is 0 Å². The molecule has 1 heterocycles. The smallest absolute Gasteiger partial charge is 0.311 e. The average Bonchev–Trinajstić information content (AvgIpc) is 2.79. The number of amides is 1. The van der Waals surface area contributed by atoms with Gasteiger partial charge in [-0.25, -0.2) is 5.43 Å². The summed E-state index contributed by atoms with van der Waals surface area (Å²) in [4.78, 5) is 23.2. The maximum Gasteiger partial charge on any atom is 0.311 e. The summed E-state index contributed by atoms with van der Waals surface area (Å²) >= 11 is 1.33. The lowest BCUT2D eigenvalue weighted by Crippen LogP contribution is -2.19. The van der Waals surface area contributed by atoms with Gasteiger partial charge in [0.2, 0.25) is 0 Å². The van der Waals surface area contributed by atoms with Gasteiger partial charge in [0.25, 0.3) is 5.91 Å². The van der Waals surface area contributed by atoms with Gasteiger partial charge in [-0.3, -0.25) is 9.59 Å². The molecule has 6 heteroatoms. The van der Waals surface area contributed by atoms with Crippen LogP contribution in [-0.2, 0) is 9.53 Å². The third-order valence-corrected chi connectivity index (χ3v) is 2.67. The molecular formula is C11H14N2O3S. The van der Waals surface area contributed by atoms with Crippen LogP contribution in [0, 0.1) is 0 Å². The molecule has 0 spiro atoms. The van der Waals surface area contributed by atoms with Gasteiger partial charge in [0.15, 0.2) is 0 Å². The molecule has 0 aliphatic heterocycles. The molecule has 1 N–H and O–H groups in total. The van der Waals surface area contributed by atoms with Crippen molar-refractivity contribution in [3.8, 4) is 0 Å². The molecular weight excluding hydrogens is 240 g/mol. The third kappa shape index (κ3) is 4.78. The van der Waals surface area contributed by atoms with E-state index in [-0.39, 0.29) is 18.3 Å². The number of nitrogens with zero attached hydrogens (tertiary/aromatic N) is 1. The van der Waals surface area contributed by atoms with Gasteiger partial charge in [0, 0.05) is 5.71 Å². The number of hydrogen-bond acceptors (Lipinski definition) is 5. The van der Waals surface area contributed by atoms with Gasteiger partial charge in [0.05, 0.1) is 17.9 Å². The second kappa shape index (κ2) is 6.80. The third-order valence-electron chi connectivity index (χ3n) is 1.80. The van der Waals surface area contributed by atoms with Crippen LogP contribution in [0.5, 0.6) is 0 Å². The van der Waals surface area contributed by atoms with E-state index in [2.05, 4.69) is 10.5 Å². The number of rotatable bonds is 5. The Morgan fingerprint density at radius 3 is 2.88 bits per heavy atom. The van der Waals surface area contributed by atoms with Crippen molar-refractivity contribution < 1.29 is 14.3 Å². The molecule has 0 atom stereocenters. The Morgan fingerprint density at radius 2 is 2.29 bits per heavy atom. The van der Waals surface area contributed by atoms with Crippen molar-refractivity contribution in [2.45, 2.75) is 20.3 Å². The van der Waals surface area contributed by atoms with Gasteiger partial charge in [-0.05, 0) is 25.3 Å². The molecule has 0 radical (unpaired) electrons. The van der Waals surface area contributed by atoms with Gasteiger partial charge in [-0.2, -0.15) is 5.10 Å². The Kier molecular flexibility index (Phi) is 5.35. The van der Waals surface area contributed by atoms with Crippen molar-refractivity contribution in [1.29, 1.82) is 0 Å². The summed E-state index contributed by atoms with van der Waals surface area (Å²) in [6, 6.07) is 3.49. The first-order valence-corrected chi connectivity index (χ1v) is 6.04. The standard InChI is InChI=1S/C11H14N2O3S/c1-3-16-10(14)7-8(2)12-13-11(15)9-5-4-6-17-9/h4-6H,3,7H2,1-2H3,(H,13,15)/b12-8-. The molecule has 1 amide bonds. The van der Waals surface area contributed by atoms with E-state index < -0.39 is 0 Å². The molecule has 1 aromatic heterocycles. The molecule has 0 fully saturated rings. The molecule has 0 aliphatic carbocycles. The number of hydrazone groups is 1. The Bertz CT molecular complexity index is 412. The number of hydrogen-bond donors (Lipinski definition) is 1. The van der Waals surface area contributed by atoms with E-state index in [1.54, 1.807) is 26.0 Å². The zero-order valence-corrected chi connectivity index (χ0v) is 10.5. The number of esters is 1. The van der Waals surface area contributed by atoms with Crippen molar-refractivity contribution in [1.82, 2.24) is 5.43 Å². The van der Waals surface area contributed by atoms with Crippen LogP contribution in [-0.4, -0.2) is 24.2 Å². The highest BCUT2D eigenvalue weighted by Gasteiger charge is 2.07. The average molecular weight is 254 g/mol. The molecule has 0 unspecified atom stereocenters. The van der Waals surface area contributed by atoms with E-state index in [0.717, 1.165) is 0 Å². The van der Waals surface area contributed by atoms with Crippen LogP contribution < -0.4 is 5.43 Å². The largest absolute Gasteiger partial charge is 0.466 e. The van der Waals surface area contributed by atoms with E-state index in [1.165, 1.54) is 11.3 Å². The minimum absolute atomic E-state index is 0.0819. The summed E-state index contributed by atoms with van der Waals surface area (Å²) < 4.78 is 4.76. The minimum atomic E-state index is -0.348. The van der Waals surface area contributed by atoms with Crippen molar-refractivity contribution >= 4 is 28.9 Å². The quantitative estimate of drug-likeness (QED) is 0.495. The van der Waals surface area contributed by atoms with Gasteiger partial charge >= 0.3 is 5.97 Å². The minimum Gasteiger partial charge on any atom is -0.466 e. The first-order chi connectivity index (χ1) is 8.13. The SMILES string of the molecule is CCOC(=O)C/C(C)=N\NC(=O)c1cccs1. The fourth-order valence-corrected chi connectivity index (χ4v) is 1.68. The Hall–Kier alpha value is -1.69. The van der Waals surface area contributed by atoms with E-state index in [9.17, 15) is 9.59 Å². The molecule has 0 aromatic carbocycles.